The first-order chi connectivity index (χ1) is 11.8. The maximum absolute atomic E-state index is 12.9. The smallest absolute Gasteiger partial charge is 0.227 e. The van der Waals surface area contributed by atoms with Crippen LogP contribution in [0, 0.1) is 5.92 Å². The number of fused-ring (bicyclic) bond motifs is 1. The van der Waals surface area contributed by atoms with E-state index in [1.54, 1.807) is 17.7 Å². The normalized spacial score (nSPS) is 22.6. The number of anilines is 1. The van der Waals surface area contributed by atoms with Crippen LogP contribution in [0.25, 0.3) is 10.2 Å². The molecule has 4 rings (SSSR count). The third-order valence-corrected chi connectivity index (χ3v) is 5.78. The van der Waals surface area contributed by atoms with Crippen LogP contribution in [-0.2, 0) is 4.79 Å². The number of hydrogen-bond acceptors (Lipinski definition) is 6. The minimum Gasteiger partial charge on any atom is -0.355 e. The Morgan fingerprint density at radius 1 is 1.21 bits per heavy atom. The molecule has 4 heterocycles. The van der Waals surface area contributed by atoms with Crippen molar-refractivity contribution in [2.24, 2.45) is 5.92 Å². The lowest BCUT2D eigenvalue weighted by Gasteiger charge is -2.35. The Morgan fingerprint density at radius 3 is 3.12 bits per heavy atom. The molecule has 0 bridgehead atoms. The van der Waals surface area contributed by atoms with Crippen molar-refractivity contribution in [3.8, 4) is 0 Å². The SMILES string of the molecule is O=C(C1CCCN(c2ncnc3sccc23)C1)N1CCCNCC1. The molecule has 2 saturated heterocycles. The van der Waals surface area contributed by atoms with Gasteiger partial charge in [-0.25, -0.2) is 9.97 Å². The summed E-state index contributed by atoms with van der Waals surface area (Å²) in [4.78, 5) is 27.1. The van der Waals surface area contributed by atoms with Crippen LogP contribution in [0.5, 0.6) is 0 Å². The van der Waals surface area contributed by atoms with Gasteiger partial charge >= 0.3 is 0 Å². The topological polar surface area (TPSA) is 61.4 Å². The lowest BCUT2D eigenvalue weighted by molar-refractivity contribution is -0.135. The maximum Gasteiger partial charge on any atom is 0.227 e. The molecule has 0 saturated carbocycles. The molecule has 6 nitrogen and oxygen atoms in total. The fourth-order valence-electron chi connectivity index (χ4n) is 3.72. The summed E-state index contributed by atoms with van der Waals surface area (Å²) in [6, 6.07) is 2.08. The molecule has 2 fully saturated rings. The molecule has 24 heavy (non-hydrogen) atoms. The van der Waals surface area contributed by atoms with Crippen LogP contribution < -0.4 is 10.2 Å². The second-order valence-electron chi connectivity index (χ2n) is 6.55. The standard InChI is InChI=1S/C17H23N5OS/c23-17(21-8-2-5-18-6-9-21)13-3-1-7-22(11-13)15-14-4-10-24-16(14)20-12-19-15/h4,10,12-13,18H,1-3,5-9,11H2. The van der Waals surface area contributed by atoms with Crippen molar-refractivity contribution in [2.45, 2.75) is 19.3 Å². The molecule has 0 aromatic carbocycles. The van der Waals surface area contributed by atoms with E-state index >= 15 is 0 Å². The summed E-state index contributed by atoms with van der Waals surface area (Å²) in [5.74, 6) is 1.39. The summed E-state index contributed by atoms with van der Waals surface area (Å²) in [5, 5.41) is 6.53. The molecule has 0 radical (unpaired) electrons. The van der Waals surface area contributed by atoms with Gasteiger partial charge in [-0.05, 0) is 37.3 Å². The summed E-state index contributed by atoms with van der Waals surface area (Å²) in [6.45, 7) is 5.36. The van der Waals surface area contributed by atoms with Gasteiger partial charge in [0.25, 0.3) is 0 Å². The minimum absolute atomic E-state index is 0.0838. The molecule has 0 spiro atoms. The van der Waals surface area contributed by atoms with Gasteiger partial charge in [0.05, 0.1) is 11.3 Å². The monoisotopic (exact) mass is 345 g/mol. The third kappa shape index (κ3) is 3.10. The van der Waals surface area contributed by atoms with Gasteiger partial charge in [0.15, 0.2) is 0 Å². The molecule has 2 aromatic heterocycles. The first kappa shape index (κ1) is 15.8. The van der Waals surface area contributed by atoms with Crippen LogP contribution in [-0.4, -0.2) is 60.0 Å². The lowest BCUT2D eigenvalue weighted by Crippen LogP contribution is -2.46. The lowest BCUT2D eigenvalue weighted by atomic mass is 9.96. The summed E-state index contributed by atoms with van der Waals surface area (Å²) in [7, 11) is 0. The number of nitrogens with zero attached hydrogens (tertiary/aromatic N) is 4. The van der Waals surface area contributed by atoms with Crippen molar-refractivity contribution in [2.75, 3.05) is 44.2 Å². The van der Waals surface area contributed by atoms with Crippen molar-refractivity contribution >= 4 is 33.3 Å². The number of carbonyl (C=O) groups excluding carboxylic acids is 1. The van der Waals surface area contributed by atoms with Crippen molar-refractivity contribution in [3.63, 3.8) is 0 Å². The number of amides is 1. The molecule has 1 N–H and O–H groups in total. The molecular weight excluding hydrogens is 322 g/mol. The van der Waals surface area contributed by atoms with Crippen LogP contribution in [0.1, 0.15) is 19.3 Å². The van der Waals surface area contributed by atoms with Crippen LogP contribution >= 0.6 is 11.3 Å². The first-order valence-electron chi connectivity index (χ1n) is 8.75. The van der Waals surface area contributed by atoms with E-state index < -0.39 is 0 Å². The zero-order chi connectivity index (χ0) is 16.4. The number of rotatable bonds is 2. The van der Waals surface area contributed by atoms with Gasteiger partial charge in [-0.3, -0.25) is 4.79 Å². The zero-order valence-corrected chi connectivity index (χ0v) is 14.6. The van der Waals surface area contributed by atoms with E-state index in [2.05, 4.69) is 31.6 Å². The summed E-state index contributed by atoms with van der Waals surface area (Å²) in [6.07, 6.45) is 4.71. The Hall–Kier alpha value is -1.73. The Bertz CT molecular complexity index is 710. The molecule has 1 atom stereocenters. The third-order valence-electron chi connectivity index (χ3n) is 4.96. The highest BCUT2D eigenvalue weighted by molar-refractivity contribution is 7.16. The fraction of sp³-hybridized carbons (Fsp3) is 0.588. The number of piperidine rings is 1. The van der Waals surface area contributed by atoms with Crippen LogP contribution in [0.15, 0.2) is 17.8 Å². The van der Waals surface area contributed by atoms with Crippen LogP contribution in [0.3, 0.4) is 0 Å². The molecule has 128 valence electrons. The number of aromatic nitrogens is 2. The average Bonchev–Trinajstić information content (AvgIpc) is 2.95. The largest absolute Gasteiger partial charge is 0.355 e. The average molecular weight is 345 g/mol. The summed E-state index contributed by atoms with van der Waals surface area (Å²) < 4.78 is 0. The van der Waals surface area contributed by atoms with E-state index in [0.29, 0.717) is 5.91 Å². The highest BCUT2D eigenvalue weighted by Crippen LogP contribution is 2.30. The molecule has 1 amide bonds. The Labute approximate surface area is 145 Å². The molecule has 2 aliphatic heterocycles. The van der Waals surface area contributed by atoms with E-state index in [1.165, 1.54) is 0 Å². The fourth-order valence-corrected chi connectivity index (χ4v) is 4.45. The van der Waals surface area contributed by atoms with E-state index in [9.17, 15) is 4.79 Å². The molecule has 2 aliphatic rings. The zero-order valence-electron chi connectivity index (χ0n) is 13.8. The Morgan fingerprint density at radius 2 is 2.17 bits per heavy atom. The first-order valence-corrected chi connectivity index (χ1v) is 9.63. The van der Waals surface area contributed by atoms with Gasteiger partial charge in [-0.15, -0.1) is 11.3 Å². The molecular formula is C17H23N5OS. The predicted octanol–water partition coefficient (Wildman–Crippen LogP) is 1.73. The van der Waals surface area contributed by atoms with Gasteiger partial charge in [-0.1, -0.05) is 0 Å². The highest BCUT2D eigenvalue weighted by atomic mass is 32.1. The summed E-state index contributed by atoms with van der Waals surface area (Å²) >= 11 is 1.64. The second-order valence-corrected chi connectivity index (χ2v) is 7.45. The van der Waals surface area contributed by atoms with E-state index in [0.717, 1.165) is 74.6 Å². The number of hydrogen-bond donors (Lipinski definition) is 1. The van der Waals surface area contributed by atoms with E-state index in [4.69, 9.17) is 0 Å². The van der Waals surface area contributed by atoms with Gasteiger partial charge < -0.3 is 15.1 Å². The molecule has 1 unspecified atom stereocenters. The van der Waals surface area contributed by atoms with E-state index in [-0.39, 0.29) is 5.92 Å². The predicted molar refractivity (Wildman–Crippen MR) is 96.4 cm³/mol. The maximum atomic E-state index is 12.9. The summed E-state index contributed by atoms with van der Waals surface area (Å²) in [5.41, 5.74) is 0. The van der Waals surface area contributed by atoms with Gasteiger partial charge in [0, 0.05) is 32.7 Å². The number of carbonyl (C=O) groups is 1. The number of thiophene rings is 1. The van der Waals surface area contributed by atoms with Crippen LogP contribution in [0.2, 0.25) is 0 Å². The molecule has 7 heteroatoms. The van der Waals surface area contributed by atoms with Crippen LogP contribution in [0.4, 0.5) is 5.82 Å². The van der Waals surface area contributed by atoms with Crippen molar-refractivity contribution in [3.05, 3.63) is 17.8 Å². The second kappa shape index (κ2) is 7.03. The minimum atomic E-state index is 0.0838. The highest BCUT2D eigenvalue weighted by Gasteiger charge is 2.30. The van der Waals surface area contributed by atoms with Crippen molar-refractivity contribution < 1.29 is 4.79 Å². The van der Waals surface area contributed by atoms with Crippen molar-refractivity contribution in [1.82, 2.24) is 20.2 Å². The van der Waals surface area contributed by atoms with E-state index in [1.807, 2.05) is 4.90 Å². The van der Waals surface area contributed by atoms with Gasteiger partial charge in [0.2, 0.25) is 5.91 Å². The molecule has 2 aromatic rings. The number of nitrogens with one attached hydrogen (secondary N) is 1. The van der Waals surface area contributed by atoms with Gasteiger partial charge in [-0.2, -0.15) is 0 Å². The van der Waals surface area contributed by atoms with Gasteiger partial charge in [0.1, 0.15) is 17.0 Å². The molecule has 0 aliphatic carbocycles. The van der Waals surface area contributed by atoms with Crippen molar-refractivity contribution in [1.29, 1.82) is 0 Å². The quantitative estimate of drug-likeness (QED) is 0.898. The Kier molecular flexibility index (Phi) is 4.62. The Balaban J connectivity index is 1.51.